The summed E-state index contributed by atoms with van der Waals surface area (Å²) in [4.78, 5) is 29.4. The van der Waals surface area contributed by atoms with E-state index in [4.69, 9.17) is 5.73 Å². The van der Waals surface area contributed by atoms with Gasteiger partial charge in [0, 0.05) is 30.5 Å². The second-order valence-corrected chi connectivity index (χ2v) is 6.05. The van der Waals surface area contributed by atoms with Crippen molar-refractivity contribution in [2.75, 3.05) is 13.1 Å². The van der Waals surface area contributed by atoms with Crippen molar-refractivity contribution in [2.24, 2.45) is 11.7 Å². The van der Waals surface area contributed by atoms with Gasteiger partial charge in [-0.1, -0.05) is 6.07 Å². The van der Waals surface area contributed by atoms with Crippen molar-refractivity contribution in [3.63, 3.8) is 0 Å². The predicted octanol–water partition coefficient (Wildman–Crippen LogP) is -0.717. The maximum absolute atomic E-state index is 12.3. The van der Waals surface area contributed by atoms with Crippen LogP contribution in [0.5, 0.6) is 0 Å². The second-order valence-electron chi connectivity index (χ2n) is 6.05. The maximum atomic E-state index is 12.3. The molecule has 2 aromatic rings. The molecule has 116 valence electrons. The van der Waals surface area contributed by atoms with Crippen molar-refractivity contribution in [1.29, 1.82) is 0 Å². The summed E-state index contributed by atoms with van der Waals surface area (Å²) >= 11 is 0. The quantitative estimate of drug-likeness (QED) is 0.785. The van der Waals surface area contributed by atoms with Crippen LogP contribution in [0.1, 0.15) is 24.2 Å². The van der Waals surface area contributed by atoms with Gasteiger partial charge in [0.05, 0.1) is 13.1 Å². The van der Waals surface area contributed by atoms with Crippen LogP contribution in [0.4, 0.5) is 0 Å². The molecule has 1 fully saturated rings. The fourth-order valence-corrected chi connectivity index (χ4v) is 3.20. The SMILES string of the molecule is Cc1cccc2nc(C[NH+]3CCC(C(N)=O)CC3)cc(=O)n12. The summed E-state index contributed by atoms with van der Waals surface area (Å²) in [6.07, 6.45) is 1.63. The van der Waals surface area contributed by atoms with Crippen LogP contribution in [-0.2, 0) is 11.3 Å². The number of rotatable bonds is 3. The minimum atomic E-state index is -0.198. The van der Waals surface area contributed by atoms with E-state index in [9.17, 15) is 9.59 Å². The molecule has 0 aromatic carbocycles. The van der Waals surface area contributed by atoms with E-state index in [2.05, 4.69) is 4.98 Å². The molecule has 1 amide bonds. The first kappa shape index (κ1) is 14.7. The van der Waals surface area contributed by atoms with Gasteiger partial charge in [0.2, 0.25) is 5.91 Å². The van der Waals surface area contributed by atoms with Crippen LogP contribution in [0.3, 0.4) is 0 Å². The molecule has 0 bridgehead atoms. The Morgan fingerprint density at radius 2 is 2.14 bits per heavy atom. The standard InChI is InChI=1S/C16H20N4O2/c1-11-3-2-4-14-18-13(9-15(21)20(11)14)10-19-7-5-12(6-8-19)16(17)22/h2-4,9,12H,5-8,10H2,1H3,(H2,17,22)/p+1. The summed E-state index contributed by atoms with van der Waals surface area (Å²) in [7, 11) is 0. The number of amides is 1. The molecule has 1 saturated heterocycles. The number of likely N-dealkylation sites (tertiary alicyclic amines) is 1. The molecule has 0 radical (unpaired) electrons. The Kier molecular flexibility index (Phi) is 3.94. The summed E-state index contributed by atoms with van der Waals surface area (Å²) in [5.41, 5.74) is 7.70. The number of hydrogen-bond donors (Lipinski definition) is 2. The van der Waals surface area contributed by atoms with Gasteiger partial charge < -0.3 is 10.6 Å². The van der Waals surface area contributed by atoms with Crippen LogP contribution >= 0.6 is 0 Å². The lowest BCUT2D eigenvalue weighted by atomic mass is 9.96. The first-order valence-corrected chi connectivity index (χ1v) is 7.66. The van der Waals surface area contributed by atoms with Crippen molar-refractivity contribution in [3.8, 4) is 0 Å². The van der Waals surface area contributed by atoms with Crippen LogP contribution in [-0.4, -0.2) is 28.4 Å². The summed E-state index contributed by atoms with van der Waals surface area (Å²) in [5.74, 6) is -0.196. The van der Waals surface area contributed by atoms with Crippen molar-refractivity contribution < 1.29 is 9.69 Å². The number of hydrogen-bond acceptors (Lipinski definition) is 3. The molecular weight excluding hydrogens is 280 g/mol. The summed E-state index contributed by atoms with van der Waals surface area (Å²) in [6.45, 7) is 4.39. The number of piperidine rings is 1. The highest BCUT2D eigenvalue weighted by Crippen LogP contribution is 2.08. The van der Waals surface area contributed by atoms with E-state index < -0.39 is 0 Å². The molecule has 6 heteroatoms. The van der Waals surface area contributed by atoms with Crippen LogP contribution in [0.15, 0.2) is 29.1 Å². The molecule has 3 heterocycles. The van der Waals surface area contributed by atoms with E-state index >= 15 is 0 Å². The molecule has 2 aromatic heterocycles. The van der Waals surface area contributed by atoms with Gasteiger partial charge in [-0.15, -0.1) is 0 Å². The van der Waals surface area contributed by atoms with Crippen molar-refractivity contribution in [3.05, 3.63) is 46.0 Å². The number of aromatic nitrogens is 2. The Hall–Kier alpha value is -2.21. The maximum Gasteiger partial charge on any atom is 0.258 e. The molecule has 3 rings (SSSR count). The minimum Gasteiger partial charge on any atom is -0.369 e. The fourth-order valence-electron chi connectivity index (χ4n) is 3.20. The lowest BCUT2D eigenvalue weighted by molar-refractivity contribution is -0.919. The number of quaternary nitrogens is 1. The molecule has 3 N–H and O–H groups in total. The zero-order valence-corrected chi connectivity index (χ0v) is 12.7. The summed E-state index contributed by atoms with van der Waals surface area (Å²) < 4.78 is 1.62. The van der Waals surface area contributed by atoms with Crippen LogP contribution in [0, 0.1) is 12.8 Å². The number of carbonyl (C=O) groups excluding carboxylic acids is 1. The number of carbonyl (C=O) groups is 1. The Bertz CT molecular complexity index is 760. The zero-order chi connectivity index (χ0) is 15.7. The molecule has 1 aliphatic heterocycles. The van der Waals surface area contributed by atoms with E-state index in [0.29, 0.717) is 12.2 Å². The van der Waals surface area contributed by atoms with Gasteiger partial charge in [0.25, 0.3) is 5.56 Å². The first-order valence-electron chi connectivity index (χ1n) is 7.66. The van der Waals surface area contributed by atoms with Gasteiger partial charge in [-0.05, 0) is 19.1 Å². The molecule has 0 unspecified atom stereocenters. The molecule has 0 aliphatic carbocycles. The van der Waals surface area contributed by atoms with Gasteiger partial charge in [0.1, 0.15) is 17.9 Å². The van der Waals surface area contributed by atoms with Crippen molar-refractivity contribution >= 4 is 11.6 Å². The molecule has 1 aliphatic rings. The largest absolute Gasteiger partial charge is 0.369 e. The number of aryl methyl sites for hydroxylation is 1. The molecule has 0 atom stereocenters. The van der Waals surface area contributed by atoms with E-state index in [1.165, 1.54) is 4.90 Å². The van der Waals surface area contributed by atoms with Gasteiger partial charge >= 0.3 is 0 Å². The fraction of sp³-hybridized carbons (Fsp3) is 0.438. The Labute approximate surface area is 128 Å². The number of nitrogens with one attached hydrogen (secondary N) is 1. The topological polar surface area (TPSA) is 81.9 Å². The van der Waals surface area contributed by atoms with Crippen LogP contribution in [0.25, 0.3) is 5.65 Å². The molecule has 0 spiro atoms. The van der Waals surface area contributed by atoms with Crippen LogP contribution < -0.4 is 16.2 Å². The van der Waals surface area contributed by atoms with Gasteiger partial charge in [-0.3, -0.25) is 14.0 Å². The first-order chi connectivity index (χ1) is 10.5. The number of fused-ring (bicyclic) bond motifs is 1. The highest BCUT2D eigenvalue weighted by atomic mass is 16.1. The Morgan fingerprint density at radius 3 is 2.82 bits per heavy atom. The summed E-state index contributed by atoms with van der Waals surface area (Å²) in [5, 5.41) is 0. The highest BCUT2D eigenvalue weighted by Gasteiger charge is 2.26. The Morgan fingerprint density at radius 1 is 1.41 bits per heavy atom. The lowest BCUT2D eigenvalue weighted by Crippen LogP contribution is -3.12. The Balaban J connectivity index is 1.78. The third-order valence-corrected chi connectivity index (χ3v) is 4.46. The lowest BCUT2D eigenvalue weighted by Gasteiger charge is -2.27. The van der Waals surface area contributed by atoms with Crippen molar-refractivity contribution in [2.45, 2.75) is 26.3 Å². The van der Waals surface area contributed by atoms with E-state index in [1.807, 2.05) is 25.1 Å². The van der Waals surface area contributed by atoms with E-state index in [-0.39, 0.29) is 17.4 Å². The third-order valence-electron chi connectivity index (χ3n) is 4.46. The normalized spacial score (nSPS) is 21.9. The molecule has 0 saturated carbocycles. The second kappa shape index (κ2) is 5.88. The number of nitrogens with zero attached hydrogens (tertiary/aromatic N) is 2. The van der Waals surface area contributed by atoms with Crippen molar-refractivity contribution in [1.82, 2.24) is 9.38 Å². The predicted molar refractivity (Wildman–Crippen MR) is 82.5 cm³/mol. The number of primary amides is 1. The monoisotopic (exact) mass is 301 g/mol. The molecule has 6 nitrogen and oxygen atoms in total. The van der Waals surface area contributed by atoms with Gasteiger partial charge in [0.15, 0.2) is 0 Å². The minimum absolute atomic E-state index is 0.00147. The number of nitrogens with two attached hydrogens (primary N) is 1. The van der Waals surface area contributed by atoms with Gasteiger partial charge in [-0.25, -0.2) is 4.98 Å². The number of pyridine rings is 1. The van der Waals surface area contributed by atoms with E-state index in [1.54, 1.807) is 10.5 Å². The summed E-state index contributed by atoms with van der Waals surface area (Å²) in [6, 6.07) is 7.28. The average molecular weight is 301 g/mol. The average Bonchev–Trinajstić information content (AvgIpc) is 2.47. The highest BCUT2D eigenvalue weighted by molar-refractivity contribution is 5.76. The zero-order valence-electron chi connectivity index (χ0n) is 12.7. The van der Waals surface area contributed by atoms with E-state index in [0.717, 1.165) is 37.3 Å². The molecule has 22 heavy (non-hydrogen) atoms. The third kappa shape index (κ3) is 2.87. The molecular formula is C16H21N4O2+. The van der Waals surface area contributed by atoms with Crippen LogP contribution in [0.2, 0.25) is 0 Å². The smallest absolute Gasteiger partial charge is 0.258 e. The van der Waals surface area contributed by atoms with Gasteiger partial charge in [-0.2, -0.15) is 0 Å².